The smallest absolute Gasteiger partial charge is 0.239 e. The summed E-state index contributed by atoms with van der Waals surface area (Å²) in [5, 5.41) is 0. The highest BCUT2D eigenvalue weighted by molar-refractivity contribution is 7.89. The summed E-state index contributed by atoms with van der Waals surface area (Å²) in [6.45, 7) is 0.677. The molecule has 0 radical (unpaired) electrons. The zero-order valence-corrected chi connectivity index (χ0v) is 14.6. The van der Waals surface area contributed by atoms with Gasteiger partial charge in [-0.2, -0.15) is 0 Å². The molecule has 3 rings (SSSR count). The third-order valence-electron chi connectivity index (χ3n) is 5.36. The predicted molar refractivity (Wildman–Crippen MR) is 89.3 cm³/mol. The molecule has 1 aliphatic heterocycles. The lowest BCUT2D eigenvalue weighted by molar-refractivity contribution is -0.163. The Morgan fingerprint density at radius 3 is 2.57 bits per heavy atom. The van der Waals surface area contributed by atoms with Crippen LogP contribution in [0.5, 0.6) is 0 Å². The fraction of sp³-hybridized carbons (Fsp3) is 0.588. The molecule has 0 unspecified atom stereocenters. The lowest BCUT2D eigenvalue weighted by atomic mass is 9.61. The molecule has 2 aliphatic rings. The Morgan fingerprint density at radius 1 is 1.26 bits per heavy atom. The molecule has 126 valence electrons. The Morgan fingerprint density at radius 2 is 1.96 bits per heavy atom. The van der Waals surface area contributed by atoms with E-state index in [4.69, 9.17) is 0 Å². The van der Waals surface area contributed by atoms with E-state index in [-0.39, 0.29) is 11.4 Å². The van der Waals surface area contributed by atoms with E-state index in [0.29, 0.717) is 12.5 Å². The number of hydrogen-bond donors (Lipinski definition) is 0. The van der Waals surface area contributed by atoms with E-state index >= 15 is 0 Å². The molecule has 1 saturated heterocycles. The second-order valence-corrected chi connectivity index (χ2v) is 8.96. The second kappa shape index (κ2) is 5.91. The number of carbonyl (C=O) groups excluding carboxylic acids is 1. The highest BCUT2D eigenvalue weighted by Crippen LogP contribution is 2.53. The van der Waals surface area contributed by atoms with Crippen molar-refractivity contribution in [1.29, 1.82) is 0 Å². The first-order chi connectivity index (χ1) is 10.9. The van der Waals surface area contributed by atoms with Crippen LogP contribution >= 0.6 is 0 Å². The van der Waals surface area contributed by atoms with Crippen molar-refractivity contribution in [2.45, 2.75) is 31.2 Å². The number of likely N-dealkylation sites (tertiary alicyclic amines) is 1. The first-order valence-electron chi connectivity index (χ1n) is 8.14. The van der Waals surface area contributed by atoms with Gasteiger partial charge >= 0.3 is 0 Å². The van der Waals surface area contributed by atoms with Gasteiger partial charge in [0.25, 0.3) is 0 Å². The molecule has 1 aliphatic carbocycles. The van der Waals surface area contributed by atoms with Gasteiger partial charge in [-0.1, -0.05) is 43.2 Å². The third kappa shape index (κ3) is 2.68. The Labute approximate surface area is 138 Å². The fourth-order valence-electron chi connectivity index (χ4n) is 4.05. The summed E-state index contributed by atoms with van der Waals surface area (Å²) in [7, 11) is -0.589. The summed E-state index contributed by atoms with van der Waals surface area (Å²) >= 11 is 0. The van der Waals surface area contributed by atoms with Gasteiger partial charge in [-0.15, -0.1) is 0 Å². The number of amides is 1. The third-order valence-corrected chi connectivity index (χ3v) is 7.08. The zero-order valence-electron chi connectivity index (χ0n) is 13.7. The van der Waals surface area contributed by atoms with E-state index in [1.807, 2.05) is 23.1 Å². The molecule has 1 amide bonds. The standard InChI is InChI=1S/C17H24N2O3S/c1-18(2)23(21,22)13-16(20)19-12-15-10-6-7-11-17(15,19)14-8-4-3-5-9-14/h3-5,8-9,15H,6-7,10-13H2,1-2H3/t15-,17+/m1/s1. The van der Waals surface area contributed by atoms with Crippen molar-refractivity contribution in [3.63, 3.8) is 0 Å². The number of carbonyl (C=O) groups is 1. The van der Waals surface area contributed by atoms with Crippen LogP contribution in [0.15, 0.2) is 30.3 Å². The quantitative estimate of drug-likeness (QED) is 0.842. The van der Waals surface area contributed by atoms with Crippen molar-refractivity contribution in [3.05, 3.63) is 35.9 Å². The van der Waals surface area contributed by atoms with E-state index in [1.54, 1.807) is 0 Å². The molecule has 1 aromatic rings. The van der Waals surface area contributed by atoms with Gasteiger partial charge in [0.1, 0.15) is 5.75 Å². The molecular formula is C17H24N2O3S. The van der Waals surface area contributed by atoms with Crippen LogP contribution in [0.25, 0.3) is 0 Å². The molecule has 0 bridgehead atoms. The van der Waals surface area contributed by atoms with Crippen molar-refractivity contribution < 1.29 is 13.2 Å². The van der Waals surface area contributed by atoms with Gasteiger partial charge in [-0.25, -0.2) is 12.7 Å². The molecule has 5 nitrogen and oxygen atoms in total. The van der Waals surface area contributed by atoms with Crippen molar-refractivity contribution in [3.8, 4) is 0 Å². The normalized spacial score (nSPS) is 27.4. The number of sulfonamides is 1. The predicted octanol–water partition coefficient (Wildman–Crippen LogP) is 1.81. The molecular weight excluding hydrogens is 312 g/mol. The lowest BCUT2D eigenvalue weighted by Gasteiger charge is -2.61. The molecule has 23 heavy (non-hydrogen) atoms. The van der Waals surface area contributed by atoms with Gasteiger partial charge in [0, 0.05) is 26.6 Å². The topological polar surface area (TPSA) is 57.7 Å². The molecule has 6 heteroatoms. The average Bonchev–Trinajstić information content (AvgIpc) is 2.49. The molecule has 2 atom stereocenters. The maximum Gasteiger partial charge on any atom is 0.239 e. The van der Waals surface area contributed by atoms with Gasteiger partial charge in [0.15, 0.2) is 0 Å². The highest BCUT2D eigenvalue weighted by atomic mass is 32.2. The summed E-state index contributed by atoms with van der Waals surface area (Å²) in [6.07, 6.45) is 4.31. The lowest BCUT2D eigenvalue weighted by Crippen LogP contribution is -2.68. The molecule has 1 aromatic carbocycles. The minimum absolute atomic E-state index is 0.277. The van der Waals surface area contributed by atoms with Crippen LogP contribution in [0.1, 0.15) is 31.2 Å². The molecule has 0 spiro atoms. The zero-order chi connectivity index (χ0) is 16.7. The summed E-state index contributed by atoms with van der Waals surface area (Å²) in [5.41, 5.74) is 0.852. The van der Waals surface area contributed by atoms with Crippen molar-refractivity contribution in [1.82, 2.24) is 9.21 Å². The Kier molecular flexibility index (Phi) is 4.23. The summed E-state index contributed by atoms with van der Waals surface area (Å²) in [6, 6.07) is 10.1. The van der Waals surface area contributed by atoms with Gasteiger partial charge in [0.05, 0.1) is 5.54 Å². The van der Waals surface area contributed by atoms with Crippen molar-refractivity contribution in [2.24, 2.45) is 5.92 Å². The summed E-state index contributed by atoms with van der Waals surface area (Å²) in [4.78, 5) is 14.5. The van der Waals surface area contributed by atoms with Crippen LogP contribution in [0.3, 0.4) is 0 Å². The van der Waals surface area contributed by atoms with E-state index in [1.165, 1.54) is 20.5 Å². The van der Waals surface area contributed by atoms with Crippen LogP contribution in [0.2, 0.25) is 0 Å². The fourth-order valence-corrected chi connectivity index (χ4v) is 4.77. The first-order valence-corrected chi connectivity index (χ1v) is 9.75. The van der Waals surface area contributed by atoms with Gasteiger partial charge < -0.3 is 4.90 Å². The first kappa shape index (κ1) is 16.5. The summed E-state index contributed by atoms with van der Waals surface area (Å²) < 4.78 is 25.3. The number of fused-ring (bicyclic) bond motifs is 1. The van der Waals surface area contributed by atoms with E-state index in [9.17, 15) is 13.2 Å². The van der Waals surface area contributed by atoms with E-state index in [2.05, 4.69) is 12.1 Å². The minimum atomic E-state index is -3.52. The van der Waals surface area contributed by atoms with Crippen molar-refractivity contribution in [2.75, 3.05) is 26.4 Å². The molecule has 0 N–H and O–H groups in total. The van der Waals surface area contributed by atoms with Crippen LogP contribution in [0.4, 0.5) is 0 Å². The molecule has 0 aromatic heterocycles. The van der Waals surface area contributed by atoms with Crippen LogP contribution in [-0.2, 0) is 20.4 Å². The van der Waals surface area contributed by atoms with E-state index < -0.39 is 15.8 Å². The van der Waals surface area contributed by atoms with Gasteiger partial charge in [-0.05, 0) is 18.4 Å². The Bertz CT molecular complexity index is 687. The monoisotopic (exact) mass is 336 g/mol. The SMILES string of the molecule is CN(C)S(=O)(=O)CC(=O)N1C[C@H]2CCCC[C@]21c1ccccc1. The number of rotatable bonds is 4. The van der Waals surface area contributed by atoms with Gasteiger partial charge in [-0.3, -0.25) is 4.79 Å². The summed E-state index contributed by atoms with van der Waals surface area (Å²) in [5.74, 6) is -0.272. The molecule has 1 heterocycles. The Hall–Kier alpha value is -1.40. The number of benzene rings is 1. The maximum absolute atomic E-state index is 12.7. The largest absolute Gasteiger partial charge is 0.331 e. The maximum atomic E-state index is 12.7. The number of nitrogens with zero attached hydrogens (tertiary/aromatic N) is 2. The molecule has 1 saturated carbocycles. The second-order valence-electron chi connectivity index (χ2n) is 6.78. The van der Waals surface area contributed by atoms with Gasteiger partial charge in [0.2, 0.25) is 15.9 Å². The number of hydrogen-bond acceptors (Lipinski definition) is 3. The minimum Gasteiger partial charge on any atom is -0.331 e. The van der Waals surface area contributed by atoms with Crippen molar-refractivity contribution >= 4 is 15.9 Å². The molecule has 2 fully saturated rings. The van der Waals surface area contributed by atoms with Crippen LogP contribution in [0, 0.1) is 5.92 Å². The Balaban J connectivity index is 1.89. The highest BCUT2D eigenvalue weighted by Gasteiger charge is 2.57. The van der Waals surface area contributed by atoms with E-state index in [0.717, 1.165) is 29.1 Å². The average molecular weight is 336 g/mol. The van der Waals surface area contributed by atoms with Crippen LogP contribution in [-0.4, -0.2) is 49.9 Å². The van der Waals surface area contributed by atoms with Crippen LogP contribution < -0.4 is 0 Å².